The lowest BCUT2D eigenvalue weighted by Crippen LogP contribution is -2.01. The molecule has 0 spiro atoms. The Morgan fingerprint density at radius 1 is 1.35 bits per heavy atom. The van der Waals surface area contributed by atoms with Gasteiger partial charge in [0.05, 0.1) is 18.3 Å². The number of ether oxygens (including phenoxy) is 1. The molecule has 0 bridgehead atoms. The van der Waals surface area contributed by atoms with Crippen LogP contribution in [0, 0.1) is 13.8 Å². The average Bonchev–Trinajstić information content (AvgIpc) is 2.74. The lowest BCUT2D eigenvalue weighted by Gasteiger charge is -2.04. The standard InChI is InChI=1S/C15H14N2O2S/c1-7-4-8(2)11-10(5-7)17-6-9-12(16)14(15(18)19-3)20-13(9)11/h4-6H,16H2,1-3H3. The molecule has 3 aromatic rings. The van der Waals surface area contributed by atoms with Crippen molar-refractivity contribution in [1.29, 1.82) is 0 Å². The van der Waals surface area contributed by atoms with Crippen LogP contribution in [0.25, 0.3) is 21.0 Å². The molecular weight excluding hydrogens is 272 g/mol. The number of nitrogens with zero attached hydrogens (tertiary/aromatic N) is 1. The highest BCUT2D eigenvalue weighted by Gasteiger charge is 2.19. The zero-order valence-corrected chi connectivity index (χ0v) is 12.3. The number of aromatic nitrogens is 1. The second-order valence-corrected chi connectivity index (χ2v) is 5.83. The molecular formula is C15H14N2O2S. The van der Waals surface area contributed by atoms with Gasteiger partial charge in [0, 0.05) is 21.7 Å². The number of fused-ring (bicyclic) bond motifs is 3. The number of carbonyl (C=O) groups is 1. The number of anilines is 1. The van der Waals surface area contributed by atoms with Crippen LogP contribution in [0.5, 0.6) is 0 Å². The Morgan fingerprint density at radius 2 is 2.10 bits per heavy atom. The fraction of sp³-hybridized carbons (Fsp3) is 0.200. The van der Waals surface area contributed by atoms with Gasteiger partial charge in [-0.2, -0.15) is 0 Å². The minimum Gasteiger partial charge on any atom is -0.465 e. The van der Waals surface area contributed by atoms with Crippen LogP contribution in [-0.2, 0) is 4.74 Å². The van der Waals surface area contributed by atoms with Crippen molar-refractivity contribution >= 4 is 44.0 Å². The van der Waals surface area contributed by atoms with E-state index in [1.54, 1.807) is 6.20 Å². The van der Waals surface area contributed by atoms with E-state index in [9.17, 15) is 4.79 Å². The van der Waals surface area contributed by atoms with Crippen LogP contribution in [0.4, 0.5) is 5.69 Å². The van der Waals surface area contributed by atoms with E-state index in [1.807, 2.05) is 19.9 Å². The molecule has 5 heteroatoms. The zero-order chi connectivity index (χ0) is 14.4. The third-order valence-corrected chi connectivity index (χ3v) is 4.59. The molecule has 1 aromatic carbocycles. The van der Waals surface area contributed by atoms with E-state index in [-0.39, 0.29) is 0 Å². The lowest BCUT2D eigenvalue weighted by molar-refractivity contribution is 0.0607. The summed E-state index contributed by atoms with van der Waals surface area (Å²) in [5, 5.41) is 1.87. The van der Waals surface area contributed by atoms with Gasteiger partial charge in [-0.15, -0.1) is 11.3 Å². The quantitative estimate of drug-likeness (QED) is 0.696. The summed E-state index contributed by atoms with van der Waals surface area (Å²) >= 11 is 1.37. The van der Waals surface area contributed by atoms with E-state index in [2.05, 4.69) is 11.1 Å². The van der Waals surface area contributed by atoms with Gasteiger partial charge >= 0.3 is 5.97 Å². The molecule has 3 rings (SSSR count). The van der Waals surface area contributed by atoms with Crippen LogP contribution in [-0.4, -0.2) is 18.1 Å². The van der Waals surface area contributed by atoms with Crippen molar-refractivity contribution in [2.45, 2.75) is 13.8 Å². The summed E-state index contributed by atoms with van der Waals surface area (Å²) in [5.74, 6) is -0.401. The maximum atomic E-state index is 11.8. The van der Waals surface area contributed by atoms with Gasteiger partial charge in [0.1, 0.15) is 4.88 Å². The Kier molecular flexibility index (Phi) is 2.87. The number of hydrogen-bond donors (Lipinski definition) is 1. The molecule has 0 amide bonds. The molecule has 0 atom stereocenters. The number of hydrogen-bond acceptors (Lipinski definition) is 5. The predicted octanol–water partition coefficient (Wildman–Crippen LogP) is 3.44. The summed E-state index contributed by atoms with van der Waals surface area (Å²) in [6.45, 7) is 4.09. The van der Waals surface area contributed by atoms with Crippen molar-refractivity contribution in [3.05, 3.63) is 34.3 Å². The molecule has 102 valence electrons. The number of aryl methyl sites for hydroxylation is 2. The molecule has 0 saturated carbocycles. The molecule has 2 aromatic heterocycles. The van der Waals surface area contributed by atoms with E-state index in [1.165, 1.54) is 24.0 Å². The monoisotopic (exact) mass is 286 g/mol. The van der Waals surface area contributed by atoms with Crippen LogP contribution < -0.4 is 5.73 Å². The summed E-state index contributed by atoms with van der Waals surface area (Å²) in [7, 11) is 1.36. The number of pyridine rings is 1. The first-order chi connectivity index (χ1) is 9.52. The number of nitrogens with two attached hydrogens (primary N) is 1. The number of benzene rings is 1. The molecule has 4 nitrogen and oxygen atoms in total. The fourth-order valence-electron chi connectivity index (χ4n) is 2.49. The third-order valence-electron chi connectivity index (χ3n) is 3.37. The van der Waals surface area contributed by atoms with Crippen LogP contribution in [0.1, 0.15) is 20.8 Å². The van der Waals surface area contributed by atoms with Crippen LogP contribution in [0.3, 0.4) is 0 Å². The molecule has 2 heterocycles. The van der Waals surface area contributed by atoms with E-state index in [4.69, 9.17) is 10.5 Å². The fourth-order valence-corrected chi connectivity index (χ4v) is 3.72. The van der Waals surface area contributed by atoms with Crippen molar-refractivity contribution in [3.8, 4) is 0 Å². The predicted molar refractivity (Wildman–Crippen MR) is 82.4 cm³/mol. The van der Waals surface area contributed by atoms with Gasteiger partial charge in [-0.05, 0) is 31.0 Å². The first-order valence-electron chi connectivity index (χ1n) is 6.19. The van der Waals surface area contributed by atoms with Gasteiger partial charge < -0.3 is 10.5 Å². The van der Waals surface area contributed by atoms with Crippen molar-refractivity contribution in [1.82, 2.24) is 4.98 Å². The van der Waals surface area contributed by atoms with Crippen LogP contribution in [0.15, 0.2) is 18.3 Å². The molecule has 0 fully saturated rings. The second-order valence-electron chi connectivity index (χ2n) is 4.81. The van der Waals surface area contributed by atoms with Crippen molar-refractivity contribution in [2.24, 2.45) is 0 Å². The Hall–Kier alpha value is -2.14. The molecule has 0 aliphatic heterocycles. The highest BCUT2D eigenvalue weighted by Crippen LogP contribution is 2.39. The summed E-state index contributed by atoms with van der Waals surface area (Å²) in [6.07, 6.45) is 1.73. The summed E-state index contributed by atoms with van der Waals surface area (Å²) in [5.41, 5.74) is 9.73. The average molecular weight is 286 g/mol. The van der Waals surface area contributed by atoms with Gasteiger partial charge in [0.25, 0.3) is 0 Å². The minimum atomic E-state index is -0.401. The van der Waals surface area contributed by atoms with E-state index in [0.29, 0.717) is 10.6 Å². The number of thiophene rings is 1. The van der Waals surface area contributed by atoms with Gasteiger partial charge in [0.2, 0.25) is 0 Å². The first kappa shape index (κ1) is 12.9. The third kappa shape index (κ3) is 1.74. The number of methoxy groups -OCH3 is 1. The van der Waals surface area contributed by atoms with Crippen molar-refractivity contribution in [3.63, 3.8) is 0 Å². The first-order valence-corrected chi connectivity index (χ1v) is 7.01. The smallest absolute Gasteiger partial charge is 0.350 e. The van der Waals surface area contributed by atoms with E-state index >= 15 is 0 Å². The lowest BCUT2D eigenvalue weighted by atomic mass is 10.0. The SMILES string of the molecule is COC(=O)c1sc2c(cnc3cc(C)cc(C)c32)c1N. The van der Waals surface area contributed by atoms with Gasteiger partial charge in [0.15, 0.2) is 0 Å². The summed E-state index contributed by atoms with van der Waals surface area (Å²) in [4.78, 5) is 16.7. The highest BCUT2D eigenvalue weighted by atomic mass is 32.1. The molecule has 0 aliphatic carbocycles. The number of carbonyl (C=O) groups excluding carboxylic acids is 1. The Morgan fingerprint density at radius 3 is 2.80 bits per heavy atom. The number of nitrogen functional groups attached to an aromatic ring is 1. The van der Waals surface area contributed by atoms with E-state index in [0.717, 1.165) is 26.6 Å². The number of rotatable bonds is 1. The summed E-state index contributed by atoms with van der Waals surface area (Å²) < 4.78 is 5.77. The molecule has 0 aliphatic rings. The number of esters is 1. The van der Waals surface area contributed by atoms with Crippen molar-refractivity contribution < 1.29 is 9.53 Å². The maximum Gasteiger partial charge on any atom is 0.350 e. The molecule has 0 unspecified atom stereocenters. The minimum absolute atomic E-state index is 0.401. The van der Waals surface area contributed by atoms with Crippen molar-refractivity contribution in [2.75, 3.05) is 12.8 Å². The Balaban J connectivity index is 2.46. The largest absolute Gasteiger partial charge is 0.465 e. The topological polar surface area (TPSA) is 65.2 Å². The Labute approximate surface area is 120 Å². The van der Waals surface area contributed by atoms with Gasteiger partial charge in [-0.3, -0.25) is 4.98 Å². The van der Waals surface area contributed by atoms with E-state index < -0.39 is 5.97 Å². The van der Waals surface area contributed by atoms with Gasteiger partial charge in [-0.25, -0.2) is 4.79 Å². The summed E-state index contributed by atoms with van der Waals surface area (Å²) in [6, 6.07) is 4.15. The molecule has 2 N–H and O–H groups in total. The van der Waals surface area contributed by atoms with Crippen LogP contribution in [0.2, 0.25) is 0 Å². The highest BCUT2D eigenvalue weighted by molar-refractivity contribution is 7.22. The zero-order valence-electron chi connectivity index (χ0n) is 11.5. The second kappa shape index (κ2) is 4.45. The molecule has 0 saturated heterocycles. The molecule has 20 heavy (non-hydrogen) atoms. The Bertz CT molecular complexity index is 852. The van der Waals surface area contributed by atoms with Crippen LogP contribution >= 0.6 is 11.3 Å². The maximum absolute atomic E-state index is 11.8. The normalized spacial score (nSPS) is 11.2. The molecule has 0 radical (unpaired) electrons. The van der Waals surface area contributed by atoms with Gasteiger partial charge in [-0.1, -0.05) is 6.07 Å².